The summed E-state index contributed by atoms with van der Waals surface area (Å²) < 4.78 is 16.4. The van der Waals surface area contributed by atoms with E-state index in [1.54, 1.807) is 0 Å². The minimum Gasteiger partial charge on any atom is -0.491 e. The normalized spacial score (nSPS) is 15.6. The molecule has 0 unspecified atom stereocenters. The van der Waals surface area contributed by atoms with Crippen LogP contribution in [0.2, 0.25) is 0 Å². The van der Waals surface area contributed by atoms with Crippen molar-refractivity contribution in [2.24, 2.45) is 0 Å². The molecule has 0 bridgehead atoms. The molecule has 29 heavy (non-hydrogen) atoms. The topological polar surface area (TPSA) is 63.3 Å². The summed E-state index contributed by atoms with van der Waals surface area (Å²) in [6.07, 6.45) is 0.167. The number of rotatable bonds is 5. The molecule has 0 saturated carbocycles. The van der Waals surface area contributed by atoms with Gasteiger partial charge in [0.2, 0.25) is 6.79 Å². The maximum Gasteiger partial charge on any atom is 0.317 e. The lowest BCUT2D eigenvalue weighted by Gasteiger charge is -2.36. The van der Waals surface area contributed by atoms with Crippen LogP contribution in [0, 0.1) is 0 Å². The van der Waals surface area contributed by atoms with Gasteiger partial charge in [-0.15, -0.1) is 0 Å². The van der Waals surface area contributed by atoms with Crippen molar-refractivity contribution in [3.05, 3.63) is 48.0 Å². The zero-order valence-electron chi connectivity index (χ0n) is 16.9. The largest absolute Gasteiger partial charge is 0.491 e. The molecule has 1 saturated heterocycles. The molecule has 7 heteroatoms. The highest BCUT2D eigenvalue weighted by molar-refractivity contribution is 5.74. The first-order valence-corrected chi connectivity index (χ1v) is 10.0. The number of carbonyl (C=O) groups is 1. The Morgan fingerprint density at radius 2 is 1.76 bits per heavy atom. The third-order valence-electron chi connectivity index (χ3n) is 5.02. The van der Waals surface area contributed by atoms with Crippen molar-refractivity contribution in [3.63, 3.8) is 0 Å². The van der Waals surface area contributed by atoms with Gasteiger partial charge in [0.25, 0.3) is 0 Å². The quantitative estimate of drug-likeness (QED) is 0.839. The number of fused-ring (bicyclic) bond motifs is 1. The van der Waals surface area contributed by atoms with Crippen LogP contribution >= 0.6 is 0 Å². The van der Waals surface area contributed by atoms with E-state index >= 15 is 0 Å². The van der Waals surface area contributed by atoms with E-state index in [-0.39, 0.29) is 18.9 Å². The van der Waals surface area contributed by atoms with Gasteiger partial charge < -0.3 is 29.3 Å². The standard InChI is InChI=1S/C22H27N3O4/c1-16(2)29-19-6-4-18(5-7-19)24-9-11-25(12-10-24)22(26)23-14-17-3-8-20-21(13-17)28-15-27-20/h3-8,13,16H,9-12,14-15H2,1-2H3,(H,23,26). The van der Waals surface area contributed by atoms with Crippen LogP contribution in [0.25, 0.3) is 0 Å². The van der Waals surface area contributed by atoms with E-state index in [4.69, 9.17) is 14.2 Å². The van der Waals surface area contributed by atoms with E-state index in [1.807, 2.05) is 49.1 Å². The van der Waals surface area contributed by atoms with Crippen LogP contribution in [0.15, 0.2) is 42.5 Å². The lowest BCUT2D eigenvalue weighted by Crippen LogP contribution is -2.51. The number of carbonyl (C=O) groups excluding carboxylic acids is 1. The molecular weight excluding hydrogens is 370 g/mol. The highest BCUT2D eigenvalue weighted by atomic mass is 16.7. The molecule has 4 rings (SSSR count). The fourth-order valence-corrected chi connectivity index (χ4v) is 3.52. The van der Waals surface area contributed by atoms with Gasteiger partial charge in [-0.05, 0) is 55.8 Å². The van der Waals surface area contributed by atoms with Crippen LogP contribution in [0.3, 0.4) is 0 Å². The van der Waals surface area contributed by atoms with Gasteiger partial charge in [-0.2, -0.15) is 0 Å². The summed E-state index contributed by atoms with van der Waals surface area (Å²) in [6.45, 7) is 7.75. The van der Waals surface area contributed by atoms with E-state index in [1.165, 1.54) is 0 Å². The number of urea groups is 1. The van der Waals surface area contributed by atoms with Gasteiger partial charge in [0.05, 0.1) is 6.10 Å². The number of anilines is 1. The molecule has 0 aromatic heterocycles. The average Bonchev–Trinajstić information content (AvgIpc) is 3.20. The van der Waals surface area contributed by atoms with Gasteiger partial charge in [0.1, 0.15) is 5.75 Å². The molecule has 2 aromatic carbocycles. The van der Waals surface area contributed by atoms with Crippen LogP contribution in [0.5, 0.6) is 17.2 Å². The summed E-state index contributed by atoms with van der Waals surface area (Å²) in [5.41, 5.74) is 2.14. The predicted octanol–water partition coefficient (Wildman–Crippen LogP) is 3.23. The Bertz CT molecular complexity index is 846. The number of piperazine rings is 1. The Balaban J connectivity index is 1.25. The summed E-state index contributed by atoms with van der Waals surface area (Å²) in [5.74, 6) is 2.36. The third kappa shape index (κ3) is 4.67. The maximum absolute atomic E-state index is 12.5. The minimum atomic E-state index is -0.0389. The van der Waals surface area contributed by atoms with E-state index in [0.717, 1.165) is 41.6 Å². The van der Waals surface area contributed by atoms with Crippen LogP contribution in [0.4, 0.5) is 10.5 Å². The van der Waals surface area contributed by atoms with Gasteiger partial charge in [-0.3, -0.25) is 0 Å². The van der Waals surface area contributed by atoms with Crippen LogP contribution in [0.1, 0.15) is 19.4 Å². The second kappa shape index (κ2) is 8.51. The number of hydrogen-bond acceptors (Lipinski definition) is 5. The van der Waals surface area contributed by atoms with Gasteiger partial charge in [-0.1, -0.05) is 6.07 Å². The molecule has 1 fully saturated rings. The Morgan fingerprint density at radius 3 is 2.48 bits per heavy atom. The molecule has 1 N–H and O–H groups in total. The first kappa shape index (κ1) is 19.2. The van der Waals surface area contributed by atoms with Crippen molar-refractivity contribution in [3.8, 4) is 17.2 Å². The van der Waals surface area contributed by atoms with E-state index in [9.17, 15) is 4.79 Å². The maximum atomic E-state index is 12.5. The first-order chi connectivity index (χ1) is 14.1. The van der Waals surface area contributed by atoms with Crippen molar-refractivity contribution in [2.75, 3.05) is 37.9 Å². The second-order valence-electron chi connectivity index (χ2n) is 7.48. The molecule has 0 aliphatic carbocycles. The molecule has 2 aliphatic heterocycles. The van der Waals surface area contributed by atoms with Crippen LogP contribution in [-0.2, 0) is 6.54 Å². The summed E-state index contributed by atoms with van der Waals surface area (Å²) in [6, 6.07) is 13.8. The lowest BCUT2D eigenvalue weighted by molar-refractivity contribution is 0.174. The van der Waals surface area contributed by atoms with E-state index in [0.29, 0.717) is 19.6 Å². The molecule has 0 atom stereocenters. The molecule has 2 aromatic rings. The number of benzene rings is 2. The Labute approximate surface area is 171 Å². The smallest absolute Gasteiger partial charge is 0.317 e. The summed E-state index contributed by atoms with van der Waals surface area (Å²) in [7, 11) is 0. The Hall–Kier alpha value is -3.09. The SMILES string of the molecule is CC(C)Oc1ccc(N2CCN(C(=O)NCc3ccc4c(c3)OCO4)CC2)cc1. The second-order valence-corrected chi connectivity index (χ2v) is 7.48. The van der Waals surface area contributed by atoms with E-state index in [2.05, 4.69) is 22.3 Å². The molecule has 0 radical (unpaired) electrons. The molecule has 7 nitrogen and oxygen atoms in total. The van der Waals surface area contributed by atoms with Crippen molar-refractivity contribution >= 4 is 11.7 Å². The van der Waals surface area contributed by atoms with Crippen LogP contribution < -0.4 is 24.4 Å². The molecule has 2 heterocycles. The summed E-state index contributed by atoms with van der Waals surface area (Å²) in [5, 5.41) is 3.00. The number of amides is 2. The fraction of sp³-hybridized carbons (Fsp3) is 0.409. The zero-order chi connectivity index (χ0) is 20.2. The minimum absolute atomic E-state index is 0.0389. The molecule has 2 aliphatic rings. The zero-order valence-corrected chi connectivity index (χ0v) is 16.9. The van der Waals surface area contributed by atoms with Crippen molar-refractivity contribution in [1.29, 1.82) is 0 Å². The number of ether oxygens (including phenoxy) is 3. The first-order valence-electron chi connectivity index (χ1n) is 10.0. The average molecular weight is 397 g/mol. The Morgan fingerprint density at radius 1 is 1.03 bits per heavy atom. The lowest BCUT2D eigenvalue weighted by atomic mass is 10.2. The molecule has 154 valence electrons. The number of nitrogens with one attached hydrogen (secondary N) is 1. The molecule has 0 spiro atoms. The summed E-state index contributed by atoms with van der Waals surface area (Å²) in [4.78, 5) is 16.7. The number of nitrogens with zero attached hydrogens (tertiary/aromatic N) is 2. The third-order valence-corrected chi connectivity index (χ3v) is 5.02. The van der Waals surface area contributed by atoms with Crippen molar-refractivity contribution < 1.29 is 19.0 Å². The highest BCUT2D eigenvalue weighted by Crippen LogP contribution is 2.32. The number of hydrogen-bond donors (Lipinski definition) is 1. The highest BCUT2D eigenvalue weighted by Gasteiger charge is 2.21. The predicted molar refractivity (Wildman–Crippen MR) is 111 cm³/mol. The molecular formula is C22H27N3O4. The van der Waals surface area contributed by atoms with Gasteiger partial charge in [-0.25, -0.2) is 4.79 Å². The van der Waals surface area contributed by atoms with Crippen molar-refractivity contribution in [2.45, 2.75) is 26.5 Å². The Kier molecular flexibility index (Phi) is 5.64. The van der Waals surface area contributed by atoms with E-state index < -0.39 is 0 Å². The summed E-state index contributed by atoms with van der Waals surface area (Å²) >= 11 is 0. The van der Waals surface area contributed by atoms with Crippen molar-refractivity contribution in [1.82, 2.24) is 10.2 Å². The van der Waals surface area contributed by atoms with Gasteiger partial charge >= 0.3 is 6.03 Å². The van der Waals surface area contributed by atoms with Gasteiger partial charge in [0.15, 0.2) is 11.5 Å². The monoisotopic (exact) mass is 397 g/mol. The molecule has 2 amide bonds. The van der Waals surface area contributed by atoms with Crippen LogP contribution in [-0.4, -0.2) is 50.0 Å². The fourth-order valence-electron chi connectivity index (χ4n) is 3.52. The van der Waals surface area contributed by atoms with Gasteiger partial charge in [0, 0.05) is 38.4 Å².